The molecule has 0 unspecified atom stereocenters. The molecule has 0 fully saturated rings. The van der Waals surface area contributed by atoms with E-state index in [1.54, 1.807) is 48.5 Å². The van der Waals surface area contributed by atoms with Gasteiger partial charge in [0.1, 0.15) is 11.5 Å². The zero-order chi connectivity index (χ0) is 29.4. The molecule has 41 heavy (non-hydrogen) atoms. The topological polar surface area (TPSA) is 107 Å². The van der Waals surface area contributed by atoms with Gasteiger partial charge >= 0.3 is 6.18 Å². The molecule has 0 aliphatic heterocycles. The van der Waals surface area contributed by atoms with Crippen LogP contribution in [0.15, 0.2) is 78.0 Å². The minimum absolute atomic E-state index is 0.107. The maximum atomic E-state index is 13.4. The van der Waals surface area contributed by atoms with E-state index in [0.29, 0.717) is 22.2 Å². The number of anilines is 1. The number of carbonyl (C=O) groups excluding carboxylic acids is 2. The smallest absolute Gasteiger partial charge is 0.416 e. The van der Waals surface area contributed by atoms with Gasteiger partial charge in [0.05, 0.1) is 30.7 Å². The summed E-state index contributed by atoms with van der Waals surface area (Å²) in [5, 5.41) is 14.2. The van der Waals surface area contributed by atoms with Gasteiger partial charge in [-0.05, 0) is 66.7 Å². The number of halogens is 4. The van der Waals surface area contributed by atoms with Crippen LogP contribution in [0.5, 0.6) is 11.5 Å². The van der Waals surface area contributed by atoms with Crippen LogP contribution >= 0.6 is 23.4 Å². The molecular formula is C27H23ClF3N5O4S. The summed E-state index contributed by atoms with van der Waals surface area (Å²) in [6.07, 6.45) is -4.58. The van der Waals surface area contributed by atoms with Crippen molar-refractivity contribution in [3.8, 4) is 17.2 Å². The van der Waals surface area contributed by atoms with Crippen LogP contribution in [0.1, 0.15) is 11.4 Å². The Kier molecular flexibility index (Phi) is 9.73. The maximum Gasteiger partial charge on any atom is 0.416 e. The summed E-state index contributed by atoms with van der Waals surface area (Å²) in [6.45, 7) is -0.475. The Morgan fingerprint density at radius 1 is 0.976 bits per heavy atom. The van der Waals surface area contributed by atoms with E-state index in [4.69, 9.17) is 21.1 Å². The highest BCUT2D eigenvalue weighted by Gasteiger charge is 2.31. The molecule has 1 aromatic heterocycles. The first-order valence-electron chi connectivity index (χ1n) is 12.0. The number of nitrogens with one attached hydrogen (secondary N) is 2. The molecular weight excluding hydrogens is 583 g/mol. The van der Waals surface area contributed by atoms with Crippen LogP contribution < -0.4 is 20.1 Å². The highest BCUT2D eigenvalue weighted by atomic mass is 35.5. The summed E-state index contributed by atoms with van der Waals surface area (Å²) >= 11 is 6.82. The highest BCUT2D eigenvalue weighted by molar-refractivity contribution is 7.99. The number of hydrogen-bond acceptors (Lipinski definition) is 7. The highest BCUT2D eigenvalue weighted by Crippen LogP contribution is 2.32. The van der Waals surface area contributed by atoms with Gasteiger partial charge in [0.15, 0.2) is 17.6 Å². The zero-order valence-electron chi connectivity index (χ0n) is 21.4. The molecule has 0 saturated heterocycles. The maximum absolute atomic E-state index is 13.4. The van der Waals surface area contributed by atoms with E-state index >= 15 is 0 Å². The van der Waals surface area contributed by atoms with Gasteiger partial charge in [0, 0.05) is 10.7 Å². The van der Waals surface area contributed by atoms with Crippen LogP contribution in [0.25, 0.3) is 5.69 Å². The van der Waals surface area contributed by atoms with E-state index in [1.165, 1.54) is 23.8 Å². The third-order valence-corrected chi connectivity index (χ3v) is 6.65. The quantitative estimate of drug-likeness (QED) is 0.221. The lowest BCUT2D eigenvalue weighted by molar-refractivity contribution is -0.137. The molecule has 0 spiro atoms. The monoisotopic (exact) mass is 605 g/mol. The molecule has 0 bridgehead atoms. The van der Waals surface area contributed by atoms with Crippen LogP contribution in [0.2, 0.25) is 5.02 Å². The van der Waals surface area contributed by atoms with Crippen molar-refractivity contribution in [3.05, 3.63) is 89.2 Å². The first-order chi connectivity index (χ1) is 19.6. The van der Waals surface area contributed by atoms with Crippen LogP contribution in [0.4, 0.5) is 18.9 Å². The van der Waals surface area contributed by atoms with Crippen molar-refractivity contribution >= 4 is 40.9 Å². The number of thioether (sulfide) groups is 1. The van der Waals surface area contributed by atoms with Crippen LogP contribution in [-0.2, 0) is 22.3 Å². The number of amides is 2. The fourth-order valence-corrected chi connectivity index (χ4v) is 4.40. The molecule has 0 radical (unpaired) electrons. The van der Waals surface area contributed by atoms with Gasteiger partial charge in [-0.25, -0.2) is 0 Å². The average molecular weight is 606 g/mol. The molecule has 0 aliphatic rings. The number of aromatic nitrogens is 3. The van der Waals surface area contributed by atoms with E-state index in [2.05, 4.69) is 20.8 Å². The summed E-state index contributed by atoms with van der Waals surface area (Å²) in [5.74, 6) is 0.248. The molecule has 2 N–H and O–H groups in total. The van der Waals surface area contributed by atoms with Crippen molar-refractivity contribution < 1.29 is 32.2 Å². The molecule has 4 rings (SSSR count). The number of hydrogen-bond donors (Lipinski definition) is 2. The number of rotatable bonds is 11. The lowest BCUT2D eigenvalue weighted by Gasteiger charge is -2.14. The summed E-state index contributed by atoms with van der Waals surface area (Å²) in [5.41, 5.74) is -0.215. The second kappa shape index (κ2) is 13.4. The number of ether oxygens (including phenoxy) is 2. The summed E-state index contributed by atoms with van der Waals surface area (Å²) in [4.78, 5) is 24.9. The van der Waals surface area contributed by atoms with E-state index in [9.17, 15) is 22.8 Å². The minimum atomic E-state index is -4.58. The Morgan fingerprint density at radius 2 is 1.68 bits per heavy atom. The fraction of sp³-hybridized carbons (Fsp3) is 0.185. The Labute approximate surface area is 242 Å². The molecule has 2 amide bonds. The molecule has 4 aromatic rings. The van der Waals surface area contributed by atoms with E-state index in [1.807, 2.05) is 0 Å². The third kappa shape index (κ3) is 8.38. The van der Waals surface area contributed by atoms with Crippen molar-refractivity contribution in [2.24, 2.45) is 0 Å². The molecule has 14 heteroatoms. The Hall–Kier alpha value is -4.23. The van der Waals surface area contributed by atoms with Gasteiger partial charge in [0.2, 0.25) is 5.91 Å². The number of alkyl halides is 3. The van der Waals surface area contributed by atoms with Crippen LogP contribution in [0, 0.1) is 0 Å². The van der Waals surface area contributed by atoms with Crippen molar-refractivity contribution in [1.82, 2.24) is 20.1 Å². The van der Waals surface area contributed by atoms with Crippen molar-refractivity contribution in [2.45, 2.75) is 17.9 Å². The summed E-state index contributed by atoms with van der Waals surface area (Å²) in [7, 11) is 1.53. The number of carbonyl (C=O) groups is 2. The molecule has 214 valence electrons. The van der Waals surface area contributed by atoms with E-state index in [0.717, 1.165) is 23.9 Å². The average Bonchev–Trinajstić information content (AvgIpc) is 3.37. The second-order valence-corrected chi connectivity index (χ2v) is 9.75. The van der Waals surface area contributed by atoms with Gasteiger partial charge in [0.25, 0.3) is 5.91 Å². The van der Waals surface area contributed by atoms with Gasteiger partial charge in [-0.1, -0.05) is 29.4 Å². The second-order valence-electron chi connectivity index (χ2n) is 8.37. The lowest BCUT2D eigenvalue weighted by Crippen LogP contribution is -2.29. The number of benzene rings is 3. The molecule has 0 aliphatic carbocycles. The van der Waals surface area contributed by atoms with Gasteiger partial charge in [-0.15, -0.1) is 10.2 Å². The Bertz CT molecular complexity index is 1500. The Morgan fingerprint density at radius 3 is 2.37 bits per heavy atom. The fourth-order valence-electron chi connectivity index (χ4n) is 3.50. The first-order valence-corrected chi connectivity index (χ1v) is 13.3. The minimum Gasteiger partial charge on any atom is -0.497 e. The van der Waals surface area contributed by atoms with Crippen LogP contribution in [0.3, 0.4) is 0 Å². The SMILES string of the molecule is COc1ccc(NC(=O)CSc2nnc(CNC(=O)COc3ccc(Cl)cc3)n2-c2cccc(C(F)(F)F)c2)cc1. The molecule has 9 nitrogen and oxygen atoms in total. The predicted molar refractivity (Wildman–Crippen MR) is 148 cm³/mol. The molecule has 1 heterocycles. The number of methoxy groups -OCH3 is 1. The largest absolute Gasteiger partial charge is 0.497 e. The normalized spacial score (nSPS) is 11.1. The van der Waals surface area contributed by atoms with Gasteiger partial charge in [-0.2, -0.15) is 13.2 Å². The standard InChI is InChI=1S/C27H23ClF3N5O4S/c1-39-21-11-7-19(8-12-21)33-25(38)16-41-26-35-34-23(36(26)20-4-2-3-17(13-20)27(29,30)31)14-32-24(37)15-40-22-9-5-18(28)6-10-22/h2-13H,14-16H2,1H3,(H,32,37)(H,33,38). The van der Waals surface area contributed by atoms with Crippen molar-refractivity contribution in [3.63, 3.8) is 0 Å². The lowest BCUT2D eigenvalue weighted by atomic mass is 10.2. The third-order valence-electron chi connectivity index (χ3n) is 5.47. The van der Waals surface area contributed by atoms with E-state index in [-0.39, 0.29) is 41.5 Å². The van der Waals surface area contributed by atoms with Crippen molar-refractivity contribution in [1.29, 1.82) is 0 Å². The van der Waals surface area contributed by atoms with Gasteiger partial charge < -0.3 is 20.1 Å². The summed E-state index contributed by atoms with van der Waals surface area (Å²) in [6, 6.07) is 17.8. The van der Waals surface area contributed by atoms with E-state index < -0.39 is 17.6 Å². The molecule has 0 saturated carbocycles. The molecule has 0 atom stereocenters. The first kappa shape index (κ1) is 29.7. The van der Waals surface area contributed by atoms with Crippen LogP contribution in [-0.4, -0.2) is 46.0 Å². The predicted octanol–water partition coefficient (Wildman–Crippen LogP) is 5.37. The molecule has 3 aromatic carbocycles. The Balaban J connectivity index is 1.47. The zero-order valence-corrected chi connectivity index (χ0v) is 23.0. The van der Waals surface area contributed by atoms with Gasteiger partial charge in [-0.3, -0.25) is 14.2 Å². The summed E-state index contributed by atoms with van der Waals surface area (Å²) < 4.78 is 52.2. The van der Waals surface area contributed by atoms with Crippen molar-refractivity contribution in [2.75, 3.05) is 24.8 Å². The number of nitrogens with zero attached hydrogens (tertiary/aromatic N) is 3.